The van der Waals surface area contributed by atoms with Gasteiger partial charge in [-0.2, -0.15) is 0 Å². The van der Waals surface area contributed by atoms with Crippen molar-refractivity contribution in [2.75, 3.05) is 0 Å². The third-order valence-electron chi connectivity index (χ3n) is 3.90. The lowest BCUT2D eigenvalue weighted by atomic mass is 9.86. The molecule has 1 N–H and O–H groups in total. The Balaban J connectivity index is 2.16. The standard InChI is InChI=1S/C17H16O2/c18-17(19)11-16-14-7-3-1-5-12(14)9-10-13-6-2-4-8-15(13)16/h1-8,16H,9-11H2,(H,18,19). The molecule has 2 aromatic rings. The van der Waals surface area contributed by atoms with Gasteiger partial charge in [-0.25, -0.2) is 0 Å². The summed E-state index contributed by atoms with van der Waals surface area (Å²) < 4.78 is 0. The summed E-state index contributed by atoms with van der Waals surface area (Å²) in [5.41, 5.74) is 4.92. The highest BCUT2D eigenvalue weighted by molar-refractivity contribution is 5.69. The summed E-state index contributed by atoms with van der Waals surface area (Å²) in [6, 6.07) is 16.5. The fourth-order valence-corrected chi connectivity index (χ4v) is 3.04. The van der Waals surface area contributed by atoms with Gasteiger partial charge in [0.05, 0.1) is 6.42 Å². The van der Waals surface area contributed by atoms with E-state index in [-0.39, 0.29) is 12.3 Å². The highest BCUT2D eigenvalue weighted by Crippen LogP contribution is 2.36. The minimum absolute atomic E-state index is 0.0209. The van der Waals surface area contributed by atoms with Crippen molar-refractivity contribution in [2.45, 2.75) is 25.2 Å². The van der Waals surface area contributed by atoms with Crippen LogP contribution in [0.15, 0.2) is 48.5 Å². The van der Waals surface area contributed by atoms with Crippen molar-refractivity contribution in [3.8, 4) is 0 Å². The van der Waals surface area contributed by atoms with Gasteiger partial charge in [0, 0.05) is 5.92 Å². The second kappa shape index (κ2) is 4.88. The first-order valence-electron chi connectivity index (χ1n) is 6.63. The van der Waals surface area contributed by atoms with Gasteiger partial charge in [0.2, 0.25) is 0 Å². The largest absolute Gasteiger partial charge is 0.481 e. The van der Waals surface area contributed by atoms with E-state index in [2.05, 4.69) is 24.3 Å². The average molecular weight is 252 g/mol. The van der Waals surface area contributed by atoms with Crippen molar-refractivity contribution in [3.63, 3.8) is 0 Å². The molecule has 0 fully saturated rings. The number of aryl methyl sites for hydroxylation is 2. The molecule has 0 saturated heterocycles. The molecule has 0 heterocycles. The Hall–Kier alpha value is -2.09. The first-order chi connectivity index (χ1) is 9.25. The third kappa shape index (κ3) is 2.26. The zero-order chi connectivity index (χ0) is 13.2. The number of hydrogen-bond acceptors (Lipinski definition) is 1. The van der Waals surface area contributed by atoms with E-state index in [9.17, 15) is 9.90 Å². The van der Waals surface area contributed by atoms with Crippen LogP contribution in [-0.2, 0) is 17.6 Å². The number of benzene rings is 2. The zero-order valence-electron chi connectivity index (χ0n) is 10.7. The van der Waals surface area contributed by atoms with Crippen molar-refractivity contribution in [1.82, 2.24) is 0 Å². The SMILES string of the molecule is O=C(O)CC1c2ccccc2CCc2ccccc21. The summed E-state index contributed by atoms with van der Waals surface area (Å²) in [6.07, 6.45) is 2.14. The Labute approximate surface area is 112 Å². The number of fused-ring (bicyclic) bond motifs is 2. The predicted molar refractivity (Wildman–Crippen MR) is 74.4 cm³/mol. The maximum absolute atomic E-state index is 11.2. The van der Waals surface area contributed by atoms with E-state index in [0.29, 0.717) is 0 Å². The van der Waals surface area contributed by atoms with Gasteiger partial charge in [-0.05, 0) is 35.1 Å². The van der Waals surface area contributed by atoms with Crippen LogP contribution in [-0.4, -0.2) is 11.1 Å². The van der Waals surface area contributed by atoms with Crippen LogP contribution in [0, 0.1) is 0 Å². The Morgan fingerprint density at radius 2 is 1.42 bits per heavy atom. The van der Waals surface area contributed by atoms with E-state index in [4.69, 9.17) is 0 Å². The number of carboxylic acid groups (broad SMARTS) is 1. The van der Waals surface area contributed by atoms with Crippen molar-refractivity contribution < 1.29 is 9.90 Å². The van der Waals surface area contributed by atoms with Gasteiger partial charge >= 0.3 is 5.97 Å². The van der Waals surface area contributed by atoms with Crippen LogP contribution in [0.4, 0.5) is 0 Å². The molecule has 96 valence electrons. The molecule has 1 aliphatic carbocycles. The van der Waals surface area contributed by atoms with Gasteiger partial charge in [0.1, 0.15) is 0 Å². The monoisotopic (exact) mass is 252 g/mol. The zero-order valence-corrected chi connectivity index (χ0v) is 10.7. The Bertz CT molecular complexity index is 569. The summed E-state index contributed by atoms with van der Waals surface area (Å²) >= 11 is 0. The van der Waals surface area contributed by atoms with E-state index in [1.165, 1.54) is 22.3 Å². The molecule has 19 heavy (non-hydrogen) atoms. The molecule has 0 aromatic heterocycles. The molecular weight excluding hydrogens is 236 g/mol. The molecule has 0 aliphatic heterocycles. The molecule has 2 heteroatoms. The van der Waals surface area contributed by atoms with Crippen LogP contribution in [0.3, 0.4) is 0 Å². The average Bonchev–Trinajstić information content (AvgIpc) is 2.57. The molecule has 0 bridgehead atoms. The molecule has 0 atom stereocenters. The highest BCUT2D eigenvalue weighted by atomic mass is 16.4. The van der Waals surface area contributed by atoms with E-state index >= 15 is 0 Å². The fourth-order valence-electron chi connectivity index (χ4n) is 3.04. The second-order valence-electron chi connectivity index (χ2n) is 5.05. The second-order valence-corrected chi connectivity index (χ2v) is 5.05. The van der Waals surface area contributed by atoms with Crippen molar-refractivity contribution in [2.24, 2.45) is 0 Å². The molecule has 2 nitrogen and oxygen atoms in total. The van der Waals surface area contributed by atoms with Gasteiger partial charge in [-0.15, -0.1) is 0 Å². The van der Waals surface area contributed by atoms with Gasteiger partial charge in [0.25, 0.3) is 0 Å². The van der Waals surface area contributed by atoms with Crippen molar-refractivity contribution in [3.05, 3.63) is 70.8 Å². The number of rotatable bonds is 2. The van der Waals surface area contributed by atoms with Gasteiger partial charge in [0.15, 0.2) is 0 Å². The number of hydrogen-bond donors (Lipinski definition) is 1. The highest BCUT2D eigenvalue weighted by Gasteiger charge is 2.24. The van der Waals surface area contributed by atoms with Gasteiger partial charge in [-0.3, -0.25) is 4.79 Å². The molecule has 2 aromatic carbocycles. The van der Waals surface area contributed by atoms with Crippen LogP contribution >= 0.6 is 0 Å². The molecule has 0 unspecified atom stereocenters. The van der Waals surface area contributed by atoms with Crippen LogP contribution in [0.25, 0.3) is 0 Å². The third-order valence-corrected chi connectivity index (χ3v) is 3.90. The maximum Gasteiger partial charge on any atom is 0.304 e. The number of aliphatic carboxylic acids is 1. The first-order valence-corrected chi connectivity index (χ1v) is 6.63. The summed E-state index contributed by atoms with van der Waals surface area (Å²) in [5.74, 6) is -0.760. The topological polar surface area (TPSA) is 37.3 Å². The number of carboxylic acids is 1. The molecule has 0 spiro atoms. The lowest BCUT2D eigenvalue weighted by molar-refractivity contribution is -0.137. The summed E-state index contributed by atoms with van der Waals surface area (Å²) in [6.45, 7) is 0. The van der Waals surface area contributed by atoms with E-state index in [0.717, 1.165) is 12.8 Å². The van der Waals surface area contributed by atoms with E-state index in [1.807, 2.05) is 24.3 Å². The Morgan fingerprint density at radius 1 is 0.947 bits per heavy atom. The van der Waals surface area contributed by atoms with Crippen molar-refractivity contribution in [1.29, 1.82) is 0 Å². The van der Waals surface area contributed by atoms with Crippen LogP contribution in [0.2, 0.25) is 0 Å². The quantitative estimate of drug-likeness (QED) is 0.889. The lowest BCUT2D eigenvalue weighted by Crippen LogP contribution is -2.09. The minimum Gasteiger partial charge on any atom is -0.481 e. The van der Waals surface area contributed by atoms with E-state index in [1.54, 1.807) is 0 Å². The summed E-state index contributed by atoms with van der Waals surface area (Å²) in [4.78, 5) is 11.2. The van der Waals surface area contributed by atoms with Gasteiger partial charge in [-0.1, -0.05) is 48.5 Å². The maximum atomic E-state index is 11.2. The Kier molecular flexibility index (Phi) is 3.08. The molecule has 0 amide bonds. The fraction of sp³-hybridized carbons (Fsp3) is 0.235. The molecule has 3 rings (SSSR count). The smallest absolute Gasteiger partial charge is 0.304 e. The molecule has 0 saturated carbocycles. The molecule has 0 radical (unpaired) electrons. The normalized spacial score (nSPS) is 14.3. The predicted octanol–water partition coefficient (Wildman–Crippen LogP) is 3.39. The Morgan fingerprint density at radius 3 is 1.89 bits per heavy atom. The summed E-state index contributed by atoms with van der Waals surface area (Å²) in [5, 5.41) is 9.21. The van der Waals surface area contributed by atoms with E-state index < -0.39 is 5.97 Å². The van der Waals surface area contributed by atoms with Gasteiger partial charge < -0.3 is 5.11 Å². The van der Waals surface area contributed by atoms with Crippen LogP contribution in [0.1, 0.15) is 34.6 Å². The summed E-state index contributed by atoms with van der Waals surface area (Å²) in [7, 11) is 0. The number of carbonyl (C=O) groups is 1. The van der Waals surface area contributed by atoms with Crippen molar-refractivity contribution >= 4 is 5.97 Å². The molecule has 1 aliphatic rings. The molecular formula is C17H16O2. The minimum atomic E-state index is -0.739. The van der Waals surface area contributed by atoms with Crippen LogP contribution in [0.5, 0.6) is 0 Å². The lowest BCUT2D eigenvalue weighted by Gasteiger charge is -2.18. The first kappa shape index (κ1) is 12.0. The van der Waals surface area contributed by atoms with Crippen LogP contribution < -0.4 is 0 Å².